The number of pyridine rings is 1. The Morgan fingerprint density at radius 2 is 2.00 bits per heavy atom. The van der Waals surface area contributed by atoms with Gasteiger partial charge in [-0.25, -0.2) is 9.78 Å². The molecule has 5 heteroatoms. The van der Waals surface area contributed by atoms with Crippen LogP contribution >= 0.6 is 0 Å². The number of anilines is 1. The maximum atomic E-state index is 10.7. The van der Waals surface area contributed by atoms with Gasteiger partial charge < -0.3 is 16.2 Å². The number of carbonyl (C=O) groups is 1. The van der Waals surface area contributed by atoms with Crippen LogP contribution < -0.4 is 11.1 Å². The van der Waals surface area contributed by atoms with Crippen LogP contribution in [0, 0.1) is 0 Å². The van der Waals surface area contributed by atoms with Crippen molar-refractivity contribution in [2.75, 3.05) is 5.32 Å². The summed E-state index contributed by atoms with van der Waals surface area (Å²) in [6.45, 7) is 0.998. The van der Waals surface area contributed by atoms with E-state index in [1.807, 2.05) is 12.1 Å². The van der Waals surface area contributed by atoms with Crippen LogP contribution in [0.25, 0.3) is 0 Å². The maximum Gasteiger partial charge on any atom is 0.335 e. The number of carboxylic acids is 1. The molecule has 1 heterocycles. The summed E-state index contributed by atoms with van der Waals surface area (Å²) >= 11 is 0. The second kappa shape index (κ2) is 5.97. The summed E-state index contributed by atoms with van der Waals surface area (Å²) in [5.41, 5.74) is 7.84. The topological polar surface area (TPSA) is 88.2 Å². The standard InChI is InChI=1S/C14H15N3O2/c15-8-12-2-1-7-16-13(12)17-9-10-3-5-11(6-4-10)14(18)19/h1-7H,8-9,15H2,(H,16,17)(H,18,19). The van der Waals surface area contributed by atoms with Gasteiger partial charge in [-0.2, -0.15) is 0 Å². The van der Waals surface area contributed by atoms with E-state index >= 15 is 0 Å². The van der Waals surface area contributed by atoms with Crippen LogP contribution in [-0.4, -0.2) is 16.1 Å². The molecule has 1 aromatic carbocycles. The van der Waals surface area contributed by atoms with E-state index in [0.29, 0.717) is 13.1 Å². The SMILES string of the molecule is NCc1cccnc1NCc1ccc(C(=O)O)cc1. The van der Waals surface area contributed by atoms with Crippen LogP contribution in [0.1, 0.15) is 21.5 Å². The van der Waals surface area contributed by atoms with Crippen LogP contribution in [0.15, 0.2) is 42.6 Å². The Labute approximate surface area is 111 Å². The monoisotopic (exact) mass is 257 g/mol. The van der Waals surface area contributed by atoms with Gasteiger partial charge in [0.05, 0.1) is 5.56 Å². The molecule has 0 amide bonds. The van der Waals surface area contributed by atoms with Gasteiger partial charge >= 0.3 is 5.97 Å². The van der Waals surface area contributed by atoms with E-state index in [-0.39, 0.29) is 5.56 Å². The van der Waals surface area contributed by atoms with Crippen LogP contribution in [0.3, 0.4) is 0 Å². The van der Waals surface area contributed by atoms with Gasteiger partial charge in [-0.1, -0.05) is 18.2 Å². The van der Waals surface area contributed by atoms with E-state index < -0.39 is 5.97 Å². The normalized spacial score (nSPS) is 10.2. The van der Waals surface area contributed by atoms with Crippen molar-refractivity contribution in [2.24, 2.45) is 5.73 Å². The molecule has 2 aromatic rings. The van der Waals surface area contributed by atoms with E-state index in [1.165, 1.54) is 0 Å². The number of rotatable bonds is 5. The molecule has 1 aromatic heterocycles. The molecule has 0 atom stereocenters. The Bertz CT molecular complexity index is 567. The average molecular weight is 257 g/mol. The third-order valence-electron chi connectivity index (χ3n) is 2.77. The third-order valence-corrected chi connectivity index (χ3v) is 2.77. The van der Waals surface area contributed by atoms with E-state index in [9.17, 15) is 4.79 Å². The molecule has 0 radical (unpaired) electrons. The summed E-state index contributed by atoms with van der Waals surface area (Å²) in [5.74, 6) is -0.165. The highest BCUT2D eigenvalue weighted by molar-refractivity contribution is 5.87. The first-order valence-corrected chi connectivity index (χ1v) is 5.91. The predicted octanol–water partition coefficient (Wildman–Crippen LogP) is 1.85. The zero-order valence-electron chi connectivity index (χ0n) is 10.3. The van der Waals surface area contributed by atoms with Crippen LogP contribution in [-0.2, 0) is 13.1 Å². The lowest BCUT2D eigenvalue weighted by Crippen LogP contribution is -2.07. The first kappa shape index (κ1) is 13.0. The van der Waals surface area contributed by atoms with E-state index in [1.54, 1.807) is 30.5 Å². The van der Waals surface area contributed by atoms with Crippen molar-refractivity contribution in [3.05, 3.63) is 59.3 Å². The molecule has 0 spiro atoms. The highest BCUT2D eigenvalue weighted by atomic mass is 16.4. The zero-order chi connectivity index (χ0) is 13.7. The van der Waals surface area contributed by atoms with Crippen molar-refractivity contribution in [3.8, 4) is 0 Å². The van der Waals surface area contributed by atoms with E-state index in [2.05, 4.69) is 10.3 Å². The lowest BCUT2D eigenvalue weighted by Gasteiger charge is -2.09. The number of carboxylic acid groups (broad SMARTS) is 1. The fourth-order valence-corrected chi connectivity index (χ4v) is 1.71. The molecule has 0 saturated heterocycles. The van der Waals surface area contributed by atoms with Crippen molar-refractivity contribution in [1.29, 1.82) is 0 Å². The Balaban J connectivity index is 2.04. The minimum absolute atomic E-state index is 0.282. The van der Waals surface area contributed by atoms with Gasteiger partial charge in [0.2, 0.25) is 0 Å². The molecule has 5 nitrogen and oxygen atoms in total. The first-order chi connectivity index (χ1) is 9.20. The summed E-state index contributed by atoms with van der Waals surface area (Å²) in [7, 11) is 0. The molecule has 0 fully saturated rings. The fraction of sp³-hybridized carbons (Fsp3) is 0.143. The van der Waals surface area contributed by atoms with Crippen molar-refractivity contribution >= 4 is 11.8 Å². The lowest BCUT2D eigenvalue weighted by molar-refractivity contribution is 0.0697. The quantitative estimate of drug-likeness (QED) is 0.760. The number of aromatic nitrogens is 1. The summed E-state index contributed by atoms with van der Waals surface area (Å²) in [5, 5.41) is 12.0. The van der Waals surface area contributed by atoms with Gasteiger partial charge in [0, 0.05) is 24.8 Å². The summed E-state index contributed by atoms with van der Waals surface area (Å²) in [6.07, 6.45) is 1.70. The van der Waals surface area contributed by atoms with Gasteiger partial charge in [0.1, 0.15) is 5.82 Å². The van der Waals surface area contributed by atoms with Crippen LogP contribution in [0.4, 0.5) is 5.82 Å². The molecule has 0 unspecified atom stereocenters. The number of nitrogens with two attached hydrogens (primary N) is 1. The van der Waals surface area contributed by atoms with Gasteiger partial charge in [0.25, 0.3) is 0 Å². The van der Waals surface area contributed by atoms with Crippen LogP contribution in [0.2, 0.25) is 0 Å². The lowest BCUT2D eigenvalue weighted by atomic mass is 10.1. The largest absolute Gasteiger partial charge is 0.478 e. The Morgan fingerprint density at radius 3 is 2.63 bits per heavy atom. The van der Waals surface area contributed by atoms with Gasteiger partial charge in [-0.3, -0.25) is 0 Å². The Hall–Kier alpha value is -2.40. The number of aromatic carboxylic acids is 1. The van der Waals surface area contributed by atoms with Gasteiger partial charge in [-0.15, -0.1) is 0 Å². The smallest absolute Gasteiger partial charge is 0.335 e. The molecule has 0 bridgehead atoms. The summed E-state index contributed by atoms with van der Waals surface area (Å²) in [4.78, 5) is 15.0. The number of hydrogen-bond donors (Lipinski definition) is 3. The van der Waals surface area contributed by atoms with E-state index in [0.717, 1.165) is 16.9 Å². The fourth-order valence-electron chi connectivity index (χ4n) is 1.71. The molecule has 98 valence electrons. The average Bonchev–Trinajstić information content (AvgIpc) is 2.45. The Kier molecular flexibility index (Phi) is 4.10. The first-order valence-electron chi connectivity index (χ1n) is 5.91. The number of nitrogens with one attached hydrogen (secondary N) is 1. The maximum absolute atomic E-state index is 10.7. The minimum atomic E-state index is -0.922. The van der Waals surface area contributed by atoms with Gasteiger partial charge in [0.15, 0.2) is 0 Å². The van der Waals surface area contributed by atoms with E-state index in [4.69, 9.17) is 10.8 Å². The molecule has 19 heavy (non-hydrogen) atoms. The molecule has 2 rings (SSSR count). The van der Waals surface area contributed by atoms with Crippen LogP contribution in [0.5, 0.6) is 0 Å². The summed E-state index contributed by atoms with van der Waals surface area (Å²) in [6, 6.07) is 10.5. The highest BCUT2D eigenvalue weighted by Gasteiger charge is 2.03. The van der Waals surface area contributed by atoms with Crippen molar-refractivity contribution in [1.82, 2.24) is 4.98 Å². The highest BCUT2D eigenvalue weighted by Crippen LogP contribution is 2.12. The molecule has 0 saturated carbocycles. The molecular formula is C14H15N3O2. The number of hydrogen-bond acceptors (Lipinski definition) is 4. The minimum Gasteiger partial charge on any atom is -0.478 e. The molecule has 4 N–H and O–H groups in total. The predicted molar refractivity (Wildman–Crippen MR) is 72.9 cm³/mol. The number of benzene rings is 1. The molecule has 0 aliphatic rings. The van der Waals surface area contributed by atoms with Crippen molar-refractivity contribution < 1.29 is 9.90 Å². The molecule has 0 aliphatic carbocycles. The van der Waals surface area contributed by atoms with Crippen molar-refractivity contribution in [2.45, 2.75) is 13.1 Å². The second-order valence-corrected chi connectivity index (χ2v) is 4.07. The summed E-state index contributed by atoms with van der Waals surface area (Å²) < 4.78 is 0. The second-order valence-electron chi connectivity index (χ2n) is 4.07. The number of nitrogens with zero attached hydrogens (tertiary/aromatic N) is 1. The zero-order valence-corrected chi connectivity index (χ0v) is 10.3. The molecular weight excluding hydrogens is 242 g/mol. The Morgan fingerprint density at radius 1 is 1.26 bits per heavy atom. The van der Waals surface area contributed by atoms with Crippen molar-refractivity contribution in [3.63, 3.8) is 0 Å². The molecule has 0 aliphatic heterocycles. The third kappa shape index (κ3) is 3.29. The van der Waals surface area contributed by atoms with Gasteiger partial charge in [-0.05, 0) is 23.8 Å².